The number of benzene rings is 1. The molecule has 2 aromatic heterocycles. The predicted molar refractivity (Wildman–Crippen MR) is 95.6 cm³/mol. The van der Waals surface area contributed by atoms with Crippen LogP contribution in [0.5, 0.6) is 0 Å². The van der Waals surface area contributed by atoms with Crippen LogP contribution in [0.25, 0.3) is 10.9 Å². The Labute approximate surface area is 159 Å². The van der Waals surface area contributed by atoms with Crippen molar-refractivity contribution in [1.82, 2.24) is 14.5 Å². The standard InChI is InChI=1S/C17H17F2N5O3S/c18-10-1-2-13(19)12(3-10)16-14(20)4-11(8-27-16)24-6-9-5-22-17(28(21,25)26)23-15(9)7-24/h1-3,5-7,11,14,16H,4,8,20H2,(H2,21,25,26)/t11-,14+,16-/m1/s1. The summed E-state index contributed by atoms with van der Waals surface area (Å²) in [4.78, 5) is 7.71. The molecule has 148 valence electrons. The fourth-order valence-electron chi connectivity index (χ4n) is 3.38. The molecule has 0 spiro atoms. The maximum absolute atomic E-state index is 14.0. The summed E-state index contributed by atoms with van der Waals surface area (Å²) in [6.07, 6.45) is 4.44. The largest absolute Gasteiger partial charge is 0.370 e. The van der Waals surface area contributed by atoms with E-state index in [1.807, 2.05) is 0 Å². The highest BCUT2D eigenvalue weighted by Gasteiger charge is 2.32. The molecule has 0 radical (unpaired) electrons. The van der Waals surface area contributed by atoms with Crippen molar-refractivity contribution in [2.24, 2.45) is 10.9 Å². The Morgan fingerprint density at radius 3 is 2.75 bits per heavy atom. The van der Waals surface area contributed by atoms with E-state index >= 15 is 0 Å². The molecule has 11 heteroatoms. The van der Waals surface area contributed by atoms with E-state index in [2.05, 4.69) is 9.97 Å². The lowest BCUT2D eigenvalue weighted by Crippen LogP contribution is -2.39. The number of sulfonamides is 1. The van der Waals surface area contributed by atoms with Gasteiger partial charge < -0.3 is 15.0 Å². The lowest BCUT2D eigenvalue weighted by atomic mass is 9.94. The molecular weight excluding hydrogens is 392 g/mol. The number of nitrogens with two attached hydrogens (primary N) is 2. The van der Waals surface area contributed by atoms with Crippen molar-refractivity contribution in [1.29, 1.82) is 0 Å². The van der Waals surface area contributed by atoms with E-state index in [4.69, 9.17) is 15.6 Å². The summed E-state index contributed by atoms with van der Waals surface area (Å²) in [5.74, 6) is -1.13. The van der Waals surface area contributed by atoms with Crippen LogP contribution in [-0.4, -0.2) is 35.6 Å². The van der Waals surface area contributed by atoms with Crippen molar-refractivity contribution in [2.45, 2.75) is 29.8 Å². The zero-order valence-corrected chi connectivity index (χ0v) is 15.3. The summed E-state index contributed by atoms with van der Waals surface area (Å²) < 4.78 is 57.9. The number of nitrogens with zero attached hydrogens (tertiary/aromatic N) is 3. The van der Waals surface area contributed by atoms with Crippen molar-refractivity contribution < 1.29 is 21.9 Å². The van der Waals surface area contributed by atoms with Gasteiger partial charge in [-0.25, -0.2) is 32.3 Å². The second-order valence-corrected chi connectivity index (χ2v) is 8.17. The van der Waals surface area contributed by atoms with Gasteiger partial charge in [0.2, 0.25) is 0 Å². The van der Waals surface area contributed by atoms with Gasteiger partial charge in [-0.1, -0.05) is 0 Å². The average molecular weight is 409 g/mol. The number of ether oxygens (including phenoxy) is 1. The molecule has 8 nitrogen and oxygen atoms in total. The first kappa shape index (κ1) is 18.9. The Balaban J connectivity index is 1.58. The zero-order valence-electron chi connectivity index (χ0n) is 14.5. The Hall–Kier alpha value is -2.47. The molecule has 0 amide bonds. The van der Waals surface area contributed by atoms with Gasteiger partial charge in [-0.05, 0) is 24.6 Å². The van der Waals surface area contributed by atoms with Crippen LogP contribution < -0.4 is 10.9 Å². The molecule has 0 aliphatic carbocycles. The molecule has 1 aliphatic rings. The summed E-state index contributed by atoms with van der Waals surface area (Å²) in [6.45, 7) is 0.213. The van der Waals surface area contributed by atoms with Crippen LogP contribution in [0.3, 0.4) is 0 Å². The molecule has 28 heavy (non-hydrogen) atoms. The van der Waals surface area contributed by atoms with Gasteiger partial charge >= 0.3 is 0 Å². The highest BCUT2D eigenvalue weighted by molar-refractivity contribution is 7.89. The van der Waals surface area contributed by atoms with Gasteiger partial charge in [0, 0.05) is 35.6 Å². The Morgan fingerprint density at radius 1 is 1.25 bits per heavy atom. The lowest BCUT2D eigenvalue weighted by Gasteiger charge is -2.35. The fourth-order valence-corrected chi connectivity index (χ4v) is 3.81. The first-order chi connectivity index (χ1) is 13.2. The second-order valence-electron chi connectivity index (χ2n) is 6.72. The SMILES string of the molecule is N[C@H]1C[C@@H](n2cc3cnc(S(N)(=O)=O)nc3c2)CO[C@@H]1c1cc(F)ccc1F. The minimum Gasteiger partial charge on any atom is -0.370 e. The summed E-state index contributed by atoms with van der Waals surface area (Å²) in [5, 5.41) is 5.22. The molecule has 1 fully saturated rings. The normalized spacial score (nSPS) is 23.2. The van der Waals surface area contributed by atoms with Gasteiger partial charge in [-0.3, -0.25) is 0 Å². The van der Waals surface area contributed by atoms with Crippen LogP contribution in [0, 0.1) is 11.6 Å². The van der Waals surface area contributed by atoms with E-state index < -0.39 is 39.0 Å². The fraction of sp³-hybridized carbons (Fsp3) is 0.294. The number of rotatable bonds is 3. The van der Waals surface area contributed by atoms with Crippen molar-refractivity contribution in [2.75, 3.05) is 6.61 Å². The molecule has 4 N–H and O–H groups in total. The summed E-state index contributed by atoms with van der Waals surface area (Å²) in [5.41, 5.74) is 6.68. The Kier molecular flexibility index (Phi) is 4.62. The van der Waals surface area contributed by atoms with E-state index in [0.717, 1.165) is 18.2 Å². The molecule has 4 rings (SSSR count). The molecule has 3 aromatic rings. The van der Waals surface area contributed by atoms with Crippen LogP contribution in [0.4, 0.5) is 8.78 Å². The summed E-state index contributed by atoms with van der Waals surface area (Å²) in [6, 6.07) is 2.43. The van der Waals surface area contributed by atoms with E-state index in [1.165, 1.54) is 6.20 Å². The van der Waals surface area contributed by atoms with Crippen molar-refractivity contribution in [3.63, 3.8) is 0 Å². The third kappa shape index (κ3) is 3.49. The van der Waals surface area contributed by atoms with E-state index in [0.29, 0.717) is 17.3 Å². The molecule has 0 bridgehead atoms. The highest BCUT2D eigenvalue weighted by atomic mass is 32.2. The molecule has 1 aliphatic heterocycles. The van der Waals surface area contributed by atoms with Gasteiger partial charge in [0.1, 0.15) is 17.7 Å². The molecule has 0 saturated carbocycles. The lowest BCUT2D eigenvalue weighted by molar-refractivity contribution is -0.0288. The van der Waals surface area contributed by atoms with E-state index in [-0.39, 0.29) is 18.2 Å². The molecule has 1 saturated heterocycles. The highest BCUT2D eigenvalue weighted by Crippen LogP contribution is 2.34. The van der Waals surface area contributed by atoms with Crippen molar-refractivity contribution >= 4 is 20.9 Å². The number of primary sulfonamides is 1. The maximum Gasteiger partial charge on any atom is 0.273 e. The average Bonchev–Trinajstić information content (AvgIpc) is 3.06. The topological polar surface area (TPSA) is 126 Å². The minimum atomic E-state index is -4.01. The molecular formula is C17H17F2N5O3S. The first-order valence-electron chi connectivity index (χ1n) is 8.41. The maximum atomic E-state index is 14.0. The van der Waals surface area contributed by atoms with E-state index in [1.54, 1.807) is 17.0 Å². The Bertz CT molecular complexity index is 1150. The number of fused-ring (bicyclic) bond motifs is 1. The van der Waals surface area contributed by atoms with Crippen LogP contribution in [0.15, 0.2) is 41.9 Å². The van der Waals surface area contributed by atoms with E-state index in [9.17, 15) is 17.2 Å². The molecule has 1 aromatic carbocycles. The third-order valence-corrected chi connectivity index (χ3v) is 5.43. The Morgan fingerprint density at radius 2 is 2.04 bits per heavy atom. The van der Waals surface area contributed by atoms with Gasteiger partial charge in [-0.2, -0.15) is 0 Å². The minimum absolute atomic E-state index is 0.0901. The number of hydrogen-bond acceptors (Lipinski definition) is 6. The first-order valence-corrected chi connectivity index (χ1v) is 9.96. The second kappa shape index (κ2) is 6.85. The zero-order chi connectivity index (χ0) is 20.1. The molecule has 0 unspecified atom stereocenters. The number of hydrogen-bond donors (Lipinski definition) is 2. The van der Waals surface area contributed by atoms with Gasteiger partial charge in [0.25, 0.3) is 15.2 Å². The summed E-state index contributed by atoms with van der Waals surface area (Å²) in [7, 11) is -4.01. The molecule has 3 atom stereocenters. The van der Waals surface area contributed by atoms with Gasteiger partial charge in [-0.15, -0.1) is 0 Å². The number of aromatic nitrogens is 3. The van der Waals surface area contributed by atoms with Crippen LogP contribution in [0.2, 0.25) is 0 Å². The molecule has 3 heterocycles. The van der Waals surface area contributed by atoms with Crippen LogP contribution in [-0.2, 0) is 14.8 Å². The predicted octanol–water partition coefficient (Wildman–Crippen LogP) is 1.39. The quantitative estimate of drug-likeness (QED) is 0.630. The third-order valence-electron chi connectivity index (χ3n) is 4.73. The van der Waals surface area contributed by atoms with Crippen molar-refractivity contribution in [3.05, 3.63) is 54.0 Å². The van der Waals surface area contributed by atoms with Crippen molar-refractivity contribution in [3.8, 4) is 0 Å². The number of halogens is 2. The summed E-state index contributed by atoms with van der Waals surface area (Å²) >= 11 is 0. The van der Waals surface area contributed by atoms with Gasteiger partial charge in [0.15, 0.2) is 0 Å². The smallest absolute Gasteiger partial charge is 0.273 e. The van der Waals surface area contributed by atoms with Gasteiger partial charge in [0.05, 0.1) is 18.2 Å². The van der Waals surface area contributed by atoms with Crippen LogP contribution in [0.1, 0.15) is 24.1 Å². The van der Waals surface area contributed by atoms with Crippen LogP contribution >= 0.6 is 0 Å². The monoisotopic (exact) mass is 409 g/mol.